The molecule has 0 aliphatic heterocycles. The standard InChI is InChI=1S/C10H20O5Si/c1-6-9(15-10(11)7-2)8-16(12-3,13-4)14-5/h7,9H,2,6,8H2,1,3-5H3. The molecule has 1 atom stereocenters. The zero-order chi connectivity index (χ0) is 12.6. The van der Waals surface area contributed by atoms with Gasteiger partial charge in [-0.1, -0.05) is 13.5 Å². The van der Waals surface area contributed by atoms with Crippen molar-refractivity contribution in [2.45, 2.75) is 25.5 Å². The molecule has 5 nitrogen and oxygen atoms in total. The molecule has 16 heavy (non-hydrogen) atoms. The second kappa shape index (κ2) is 7.56. The van der Waals surface area contributed by atoms with E-state index in [4.69, 9.17) is 18.0 Å². The molecule has 94 valence electrons. The van der Waals surface area contributed by atoms with Crippen molar-refractivity contribution in [2.24, 2.45) is 0 Å². The van der Waals surface area contributed by atoms with Gasteiger partial charge in [-0.05, 0) is 6.42 Å². The van der Waals surface area contributed by atoms with E-state index in [0.29, 0.717) is 12.5 Å². The highest BCUT2D eigenvalue weighted by Crippen LogP contribution is 2.19. The maximum Gasteiger partial charge on any atom is 0.503 e. The lowest BCUT2D eigenvalue weighted by molar-refractivity contribution is -0.142. The number of esters is 1. The van der Waals surface area contributed by atoms with Crippen molar-refractivity contribution < 1.29 is 22.8 Å². The van der Waals surface area contributed by atoms with Crippen LogP contribution in [0, 0.1) is 0 Å². The van der Waals surface area contributed by atoms with Gasteiger partial charge in [0.05, 0.1) is 6.04 Å². The van der Waals surface area contributed by atoms with Crippen LogP contribution >= 0.6 is 0 Å². The largest absolute Gasteiger partial charge is 0.503 e. The van der Waals surface area contributed by atoms with Gasteiger partial charge in [0.2, 0.25) is 0 Å². The molecule has 0 aromatic heterocycles. The third-order valence-corrected chi connectivity index (χ3v) is 5.14. The number of carbonyl (C=O) groups is 1. The van der Waals surface area contributed by atoms with E-state index in [2.05, 4.69) is 6.58 Å². The van der Waals surface area contributed by atoms with Crippen LogP contribution in [0.25, 0.3) is 0 Å². The lowest BCUT2D eigenvalue weighted by atomic mass is 10.3. The zero-order valence-electron chi connectivity index (χ0n) is 10.3. The monoisotopic (exact) mass is 248 g/mol. The van der Waals surface area contributed by atoms with Crippen molar-refractivity contribution in [3.05, 3.63) is 12.7 Å². The van der Waals surface area contributed by atoms with Gasteiger partial charge in [0.1, 0.15) is 6.10 Å². The molecule has 0 heterocycles. The van der Waals surface area contributed by atoms with E-state index in [1.807, 2.05) is 6.92 Å². The first-order valence-electron chi connectivity index (χ1n) is 5.06. The molecule has 0 aliphatic carbocycles. The van der Waals surface area contributed by atoms with E-state index >= 15 is 0 Å². The minimum Gasteiger partial charge on any atom is -0.459 e. The van der Waals surface area contributed by atoms with E-state index in [9.17, 15) is 4.79 Å². The summed E-state index contributed by atoms with van der Waals surface area (Å²) < 4.78 is 20.9. The first kappa shape index (κ1) is 15.3. The Balaban J connectivity index is 4.48. The van der Waals surface area contributed by atoms with Crippen LogP contribution in [0.15, 0.2) is 12.7 Å². The molecule has 0 fully saturated rings. The van der Waals surface area contributed by atoms with Crippen LogP contribution in [-0.4, -0.2) is 42.2 Å². The Labute approximate surface area is 97.7 Å². The summed E-state index contributed by atoms with van der Waals surface area (Å²) in [5.74, 6) is -0.446. The maximum atomic E-state index is 11.1. The van der Waals surface area contributed by atoms with Gasteiger partial charge in [0.15, 0.2) is 0 Å². The smallest absolute Gasteiger partial charge is 0.459 e. The Morgan fingerprint density at radius 3 is 2.12 bits per heavy atom. The lowest BCUT2D eigenvalue weighted by Gasteiger charge is -2.27. The van der Waals surface area contributed by atoms with Gasteiger partial charge in [-0.15, -0.1) is 0 Å². The summed E-state index contributed by atoms with van der Waals surface area (Å²) in [5.41, 5.74) is 0. The van der Waals surface area contributed by atoms with Gasteiger partial charge in [0, 0.05) is 27.4 Å². The molecule has 0 radical (unpaired) electrons. The minimum atomic E-state index is -2.69. The van der Waals surface area contributed by atoms with Crippen molar-refractivity contribution in [2.75, 3.05) is 21.3 Å². The molecule has 0 N–H and O–H groups in total. The van der Waals surface area contributed by atoms with Gasteiger partial charge in [-0.25, -0.2) is 4.79 Å². The molecular weight excluding hydrogens is 228 g/mol. The van der Waals surface area contributed by atoms with Crippen molar-refractivity contribution in [1.29, 1.82) is 0 Å². The van der Waals surface area contributed by atoms with Crippen molar-refractivity contribution in [1.82, 2.24) is 0 Å². The fraction of sp³-hybridized carbons (Fsp3) is 0.700. The van der Waals surface area contributed by atoms with E-state index in [1.165, 1.54) is 21.3 Å². The number of hydrogen-bond acceptors (Lipinski definition) is 5. The molecule has 0 aromatic rings. The molecule has 0 saturated heterocycles. The fourth-order valence-electron chi connectivity index (χ4n) is 1.26. The molecular formula is C10H20O5Si. The van der Waals surface area contributed by atoms with Crippen LogP contribution in [0.3, 0.4) is 0 Å². The highest BCUT2D eigenvalue weighted by molar-refractivity contribution is 6.60. The van der Waals surface area contributed by atoms with E-state index in [1.54, 1.807) is 0 Å². The fourth-order valence-corrected chi connectivity index (χ4v) is 3.19. The van der Waals surface area contributed by atoms with Gasteiger partial charge in [-0.3, -0.25) is 0 Å². The van der Waals surface area contributed by atoms with Crippen LogP contribution < -0.4 is 0 Å². The number of ether oxygens (including phenoxy) is 1. The summed E-state index contributed by atoms with van der Waals surface area (Å²) in [7, 11) is 1.89. The van der Waals surface area contributed by atoms with Crippen molar-refractivity contribution >= 4 is 14.8 Å². The molecule has 0 spiro atoms. The first-order chi connectivity index (χ1) is 7.57. The Morgan fingerprint density at radius 1 is 1.31 bits per heavy atom. The number of rotatable bonds is 8. The molecule has 0 aliphatic rings. The van der Waals surface area contributed by atoms with Gasteiger partial charge in [0.25, 0.3) is 0 Å². The summed E-state index contributed by atoms with van der Waals surface area (Å²) >= 11 is 0. The summed E-state index contributed by atoms with van der Waals surface area (Å²) in [4.78, 5) is 11.1. The van der Waals surface area contributed by atoms with Gasteiger partial charge < -0.3 is 18.0 Å². The van der Waals surface area contributed by atoms with Crippen LogP contribution in [0.5, 0.6) is 0 Å². The Morgan fingerprint density at radius 2 is 1.81 bits per heavy atom. The Kier molecular flexibility index (Phi) is 7.23. The molecule has 1 unspecified atom stereocenters. The Bertz CT molecular complexity index is 219. The van der Waals surface area contributed by atoms with Gasteiger partial charge in [-0.2, -0.15) is 0 Å². The second-order valence-corrected chi connectivity index (χ2v) is 6.17. The zero-order valence-corrected chi connectivity index (χ0v) is 11.3. The highest BCUT2D eigenvalue weighted by Gasteiger charge is 2.41. The SMILES string of the molecule is C=CC(=O)OC(CC)C[Si](OC)(OC)OC. The predicted octanol–water partition coefficient (Wildman–Crippen LogP) is 1.37. The third-order valence-electron chi connectivity index (χ3n) is 2.32. The molecule has 0 aromatic carbocycles. The van der Waals surface area contributed by atoms with Gasteiger partial charge >= 0.3 is 14.8 Å². The number of carbonyl (C=O) groups excluding carboxylic acids is 1. The maximum absolute atomic E-state index is 11.1. The number of hydrogen-bond donors (Lipinski definition) is 0. The molecule has 6 heteroatoms. The summed E-state index contributed by atoms with van der Waals surface area (Å²) in [6, 6.07) is 0.437. The first-order valence-corrected chi connectivity index (χ1v) is 6.99. The molecule has 0 rings (SSSR count). The second-order valence-electron chi connectivity index (χ2n) is 3.17. The van der Waals surface area contributed by atoms with Crippen LogP contribution in [0.1, 0.15) is 13.3 Å². The minimum absolute atomic E-state index is 0.281. The normalized spacial score (nSPS) is 13.2. The molecule has 0 bridgehead atoms. The average Bonchev–Trinajstić information content (AvgIpc) is 2.34. The Hall–Kier alpha value is -0.693. The predicted molar refractivity (Wildman–Crippen MR) is 62.0 cm³/mol. The van der Waals surface area contributed by atoms with E-state index in [-0.39, 0.29) is 6.10 Å². The lowest BCUT2D eigenvalue weighted by Crippen LogP contribution is -2.46. The van der Waals surface area contributed by atoms with E-state index in [0.717, 1.165) is 6.08 Å². The van der Waals surface area contributed by atoms with Crippen LogP contribution in [-0.2, 0) is 22.8 Å². The molecule has 0 amide bonds. The van der Waals surface area contributed by atoms with E-state index < -0.39 is 14.8 Å². The van der Waals surface area contributed by atoms with Crippen LogP contribution in [0.4, 0.5) is 0 Å². The third kappa shape index (κ3) is 4.44. The van der Waals surface area contributed by atoms with Crippen LogP contribution in [0.2, 0.25) is 6.04 Å². The summed E-state index contributed by atoms with van der Waals surface area (Å²) in [5, 5.41) is 0. The summed E-state index contributed by atoms with van der Waals surface area (Å²) in [6.07, 6.45) is 1.53. The highest BCUT2D eigenvalue weighted by atomic mass is 28.4. The average molecular weight is 248 g/mol. The van der Waals surface area contributed by atoms with Crippen molar-refractivity contribution in [3.63, 3.8) is 0 Å². The van der Waals surface area contributed by atoms with Crippen molar-refractivity contribution in [3.8, 4) is 0 Å². The summed E-state index contributed by atoms with van der Waals surface area (Å²) in [6.45, 7) is 5.27. The quantitative estimate of drug-likeness (QED) is 0.369. The topological polar surface area (TPSA) is 54.0 Å². The molecule has 0 saturated carbocycles.